The van der Waals surface area contributed by atoms with Crippen LogP contribution in [0, 0.1) is 5.82 Å². The molecular weight excluding hydrogens is 245 g/mol. The Labute approximate surface area is 103 Å². The molecule has 0 saturated carbocycles. The monoisotopic (exact) mass is 255 g/mol. The van der Waals surface area contributed by atoms with Crippen LogP contribution in [0.15, 0.2) is 23.6 Å². The average Bonchev–Trinajstić information content (AvgIpc) is 2.67. The minimum Gasteiger partial charge on any atom is -0.241 e. The molecule has 0 atom stereocenters. The SMILES string of the molecule is CCCc1csc(-c2c(F)cccc2Cl)n1. The summed E-state index contributed by atoms with van der Waals surface area (Å²) in [4.78, 5) is 4.39. The van der Waals surface area contributed by atoms with E-state index in [9.17, 15) is 4.39 Å². The zero-order valence-corrected chi connectivity index (χ0v) is 10.4. The molecule has 0 spiro atoms. The van der Waals surface area contributed by atoms with Gasteiger partial charge in [-0.3, -0.25) is 0 Å². The fraction of sp³-hybridized carbons (Fsp3) is 0.250. The smallest absolute Gasteiger partial charge is 0.134 e. The maximum Gasteiger partial charge on any atom is 0.134 e. The average molecular weight is 256 g/mol. The van der Waals surface area contributed by atoms with E-state index in [0.717, 1.165) is 18.5 Å². The molecule has 4 heteroatoms. The summed E-state index contributed by atoms with van der Waals surface area (Å²) in [5.41, 5.74) is 1.42. The molecule has 84 valence electrons. The van der Waals surface area contributed by atoms with Crippen LogP contribution in [-0.4, -0.2) is 4.98 Å². The van der Waals surface area contributed by atoms with Crippen molar-refractivity contribution in [3.8, 4) is 10.6 Å². The summed E-state index contributed by atoms with van der Waals surface area (Å²) in [5, 5.41) is 3.03. The van der Waals surface area contributed by atoms with Gasteiger partial charge in [-0.05, 0) is 18.6 Å². The van der Waals surface area contributed by atoms with Crippen LogP contribution in [0.2, 0.25) is 5.02 Å². The van der Waals surface area contributed by atoms with E-state index in [-0.39, 0.29) is 5.82 Å². The van der Waals surface area contributed by atoms with Crippen molar-refractivity contribution in [1.82, 2.24) is 4.98 Å². The Morgan fingerprint density at radius 3 is 2.94 bits per heavy atom. The number of aryl methyl sites for hydroxylation is 1. The zero-order chi connectivity index (χ0) is 11.5. The standard InChI is InChI=1S/C12H11ClFNS/c1-2-4-8-7-16-12(15-8)11-9(13)5-3-6-10(11)14/h3,5-7H,2,4H2,1H3. The lowest BCUT2D eigenvalue weighted by Crippen LogP contribution is -1.87. The number of hydrogen-bond acceptors (Lipinski definition) is 2. The van der Waals surface area contributed by atoms with Gasteiger partial charge in [-0.1, -0.05) is 31.0 Å². The molecule has 0 aliphatic carbocycles. The van der Waals surface area contributed by atoms with E-state index >= 15 is 0 Å². The van der Waals surface area contributed by atoms with Crippen LogP contribution in [0.4, 0.5) is 4.39 Å². The first-order valence-electron chi connectivity index (χ1n) is 5.11. The molecule has 1 aromatic heterocycles. The number of thiazole rings is 1. The van der Waals surface area contributed by atoms with Crippen LogP contribution >= 0.6 is 22.9 Å². The number of hydrogen-bond donors (Lipinski definition) is 0. The first kappa shape index (κ1) is 11.6. The Hall–Kier alpha value is -0.930. The quantitative estimate of drug-likeness (QED) is 0.784. The maximum atomic E-state index is 13.6. The lowest BCUT2D eigenvalue weighted by Gasteiger charge is -2.01. The molecule has 16 heavy (non-hydrogen) atoms. The molecule has 0 saturated heterocycles. The third kappa shape index (κ3) is 2.25. The Morgan fingerprint density at radius 2 is 2.25 bits per heavy atom. The van der Waals surface area contributed by atoms with E-state index in [0.29, 0.717) is 15.6 Å². The van der Waals surface area contributed by atoms with Crippen LogP contribution in [-0.2, 0) is 6.42 Å². The molecule has 0 fully saturated rings. The second kappa shape index (κ2) is 4.93. The molecule has 0 N–H and O–H groups in total. The highest BCUT2D eigenvalue weighted by atomic mass is 35.5. The highest BCUT2D eigenvalue weighted by Crippen LogP contribution is 2.32. The normalized spacial score (nSPS) is 10.7. The van der Waals surface area contributed by atoms with Gasteiger partial charge in [0.15, 0.2) is 0 Å². The fourth-order valence-corrected chi connectivity index (χ4v) is 2.72. The number of benzene rings is 1. The Morgan fingerprint density at radius 1 is 1.44 bits per heavy atom. The molecule has 0 aliphatic heterocycles. The van der Waals surface area contributed by atoms with Crippen molar-refractivity contribution in [1.29, 1.82) is 0 Å². The van der Waals surface area contributed by atoms with E-state index in [4.69, 9.17) is 11.6 Å². The van der Waals surface area contributed by atoms with Crippen molar-refractivity contribution in [3.63, 3.8) is 0 Å². The minimum absolute atomic E-state index is 0.315. The largest absolute Gasteiger partial charge is 0.241 e. The topological polar surface area (TPSA) is 12.9 Å². The minimum atomic E-state index is -0.315. The molecule has 1 aromatic carbocycles. The van der Waals surface area contributed by atoms with Crippen LogP contribution in [0.25, 0.3) is 10.6 Å². The van der Waals surface area contributed by atoms with Gasteiger partial charge in [0.05, 0.1) is 16.3 Å². The van der Waals surface area contributed by atoms with Gasteiger partial charge < -0.3 is 0 Å². The van der Waals surface area contributed by atoms with Crippen molar-refractivity contribution in [3.05, 3.63) is 40.1 Å². The molecule has 0 amide bonds. The van der Waals surface area contributed by atoms with Gasteiger partial charge in [0.1, 0.15) is 10.8 Å². The Kier molecular flexibility index (Phi) is 3.56. The van der Waals surface area contributed by atoms with E-state index in [2.05, 4.69) is 11.9 Å². The highest BCUT2D eigenvalue weighted by molar-refractivity contribution is 7.13. The van der Waals surface area contributed by atoms with Crippen LogP contribution in [0.5, 0.6) is 0 Å². The van der Waals surface area contributed by atoms with Gasteiger partial charge in [-0.2, -0.15) is 0 Å². The van der Waals surface area contributed by atoms with Gasteiger partial charge in [-0.25, -0.2) is 9.37 Å². The van der Waals surface area contributed by atoms with Crippen molar-refractivity contribution in [2.24, 2.45) is 0 Å². The molecule has 0 bridgehead atoms. The molecule has 1 nitrogen and oxygen atoms in total. The number of halogens is 2. The van der Waals surface area contributed by atoms with E-state index in [1.807, 2.05) is 5.38 Å². The summed E-state index contributed by atoms with van der Waals surface area (Å²) in [6.07, 6.45) is 1.96. The summed E-state index contributed by atoms with van der Waals surface area (Å²) < 4.78 is 13.6. The first-order chi connectivity index (χ1) is 7.72. The van der Waals surface area contributed by atoms with Gasteiger partial charge in [0.25, 0.3) is 0 Å². The first-order valence-corrected chi connectivity index (χ1v) is 6.37. The van der Waals surface area contributed by atoms with E-state index in [1.54, 1.807) is 12.1 Å². The highest BCUT2D eigenvalue weighted by Gasteiger charge is 2.12. The van der Waals surface area contributed by atoms with Crippen molar-refractivity contribution in [2.45, 2.75) is 19.8 Å². The van der Waals surface area contributed by atoms with Gasteiger partial charge in [0, 0.05) is 5.38 Å². The summed E-state index contributed by atoms with van der Waals surface area (Å²) in [7, 11) is 0. The van der Waals surface area contributed by atoms with Gasteiger partial charge in [-0.15, -0.1) is 11.3 Å². The van der Waals surface area contributed by atoms with E-state index < -0.39 is 0 Å². The van der Waals surface area contributed by atoms with Crippen molar-refractivity contribution in [2.75, 3.05) is 0 Å². The molecule has 2 aromatic rings. The fourth-order valence-electron chi connectivity index (χ4n) is 1.49. The lowest BCUT2D eigenvalue weighted by atomic mass is 10.2. The third-order valence-corrected chi connectivity index (χ3v) is 3.46. The molecule has 1 heterocycles. The summed E-state index contributed by atoms with van der Waals surface area (Å²) >= 11 is 7.41. The second-order valence-electron chi connectivity index (χ2n) is 3.49. The third-order valence-electron chi connectivity index (χ3n) is 2.23. The summed E-state index contributed by atoms with van der Waals surface area (Å²) in [6.45, 7) is 2.09. The Bertz CT molecular complexity index is 475. The van der Waals surface area contributed by atoms with Crippen molar-refractivity contribution < 1.29 is 4.39 Å². The van der Waals surface area contributed by atoms with Gasteiger partial charge >= 0.3 is 0 Å². The maximum absolute atomic E-state index is 13.6. The molecular formula is C12H11ClFNS. The van der Waals surface area contributed by atoms with Crippen LogP contribution in [0.1, 0.15) is 19.0 Å². The van der Waals surface area contributed by atoms with Crippen molar-refractivity contribution >= 4 is 22.9 Å². The summed E-state index contributed by atoms with van der Waals surface area (Å²) in [5.74, 6) is -0.315. The van der Waals surface area contributed by atoms with E-state index in [1.165, 1.54) is 17.4 Å². The zero-order valence-electron chi connectivity index (χ0n) is 8.84. The molecule has 2 rings (SSSR count). The molecule has 0 radical (unpaired) electrons. The molecule has 0 aliphatic rings. The summed E-state index contributed by atoms with van der Waals surface area (Å²) in [6, 6.07) is 4.69. The predicted octanol–water partition coefficient (Wildman–Crippen LogP) is 4.56. The van der Waals surface area contributed by atoms with Crippen LogP contribution in [0.3, 0.4) is 0 Å². The molecule has 0 unspecified atom stereocenters. The number of nitrogens with zero attached hydrogens (tertiary/aromatic N) is 1. The number of rotatable bonds is 3. The van der Waals surface area contributed by atoms with Crippen LogP contribution < -0.4 is 0 Å². The predicted molar refractivity (Wildman–Crippen MR) is 66.5 cm³/mol. The second-order valence-corrected chi connectivity index (χ2v) is 4.76. The van der Waals surface area contributed by atoms with Gasteiger partial charge in [0.2, 0.25) is 0 Å². The Balaban J connectivity index is 2.42. The number of aromatic nitrogens is 1. The lowest BCUT2D eigenvalue weighted by molar-refractivity contribution is 0.631.